The standard InChI is InChI=1S/C7H9F3N2O2/c8-7(9,10)4-1-6(14)12(2-4)3-5(11)13/h4H,1-3H2,(H2,11,13). The summed E-state index contributed by atoms with van der Waals surface area (Å²) in [6.45, 7) is -0.906. The Balaban J connectivity index is 2.60. The smallest absolute Gasteiger partial charge is 0.368 e. The molecule has 0 aromatic rings. The van der Waals surface area contributed by atoms with E-state index in [-0.39, 0.29) is 0 Å². The highest BCUT2D eigenvalue weighted by Crippen LogP contribution is 2.33. The first-order valence-corrected chi connectivity index (χ1v) is 3.93. The van der Waals surface area contributed by atoms with Crippen LogP contribution in [0.1, 0.15) is 6.42 Å². The summed E-state index contributed by atoms with van der Waals surface area (Å²) in [5.74, 6) is -3.15. The molecule has 0 bridgehead atoms. The summed E-state index contributed by atoms with van der Waals surface area (Å²) >= 11 is 0. The maximum absolute atomic E-state index is 12.1. The highest BCUT2D eigenvalue weighted by atomic mass is 19.4. The summed E-state index contributed by atoms with van der Waals surface area (Å²) in [4.78, 5) is 22.2. The first-order valence-electron chi connectivity index (χ1n) is 3.93. The van der Waals surface area contributed by atoms with E-state index < -0.39 is 43.4 Å². The zero-order valence-corrected chi connectivity index (χ0v) is 7.17. The lowest BCUT2D eigenvalue weighted by atomic mass is 10.1. The van der Waals surface area contributed by atoms with Gasteiger partial charge in [-0.1, -0.05) is 0 Å². The van der Waals surface area contributed by atoms with Gasteiger partial charge in [0.25, 0.3) is 0 Å². The van der Waals surface area contributed by atoms with E-state index in [2.05, 4.69) is 0 Å². The predicted octanol–water partition coefficient (Wildman–Crippen LogP) is -0.117. The van der Waals surface area contributed by atoms with Crippen molar-refractivity contribution in [2.24, 2.45) is 11.7 Å². The molecular formula is C7H9F3N2O2. The number of nitrogens with zero attached hydrogens (tertiary/aromatic N) is 1. The van der Waals surface area contributed by atoms with E-state index in [1.165, 1.54) is 0 Å². The van der Waals surface area contributed by atoms with E-state index >= 15 is 0 Å². The fraction of sp³-hybridized carbons (Fsp3) is 0.714. The molecule has 4 nitrogen and oxygen atoms in total. The lowest BCUT2D eigenvalue weighted by Gasteiger charge is -2.15. The fourth-order valence-corrected chi connectivity index (χ4v) is 1.33. The molecule has 1 atom stereocenters. The number of nitrogens with two attached hydrogens (primary N) is 1. The van der Waals surface area contributed by atoms with E-state index in [0.29, 0.717) is 0 Å². The Kier molecular flexibility index (Phi) is 2.68. The number of amides is 2. The molecule has 80 valence electrons. The van der Waals surface area contributed by atoms with Crippen LogP contribution in [0.4, 0.5) is 13.2 Å². The molecule has 0 radical (unpaired) electrons. The molecule has 0 spiro atoms. The summed E-state index contributed by atoms with van der Waals surface area (Å²) in [6.07, 6.45) is -4.97. The van der Waals surface area contributed by atoms with Crippen LogP contribution in [0.3, 0.4) is 0 Å². The zero-order valence-electron chi connectivity index (χ0n) is 7.17. The summed E-state index contributed by atoms with van der Waals surface area (Å²) in [5.41, 5.74) is 4.77. The van der Waals surface area contributed by atoms with Gasteiger partial charge in [0.05, 0.1) is 12.5 Å². The Morgan fingerprint density at radius 1 is 1.57 bits per heavy atom. The third-order valence-electron chi connectivity index (χ3n) is 2.02. The molecule has 1 rings (SSSR count). The van der Waals surface area contributed by atoms with Gasteiger partial charge in [0.1, 0.15) is 0 Å². The highest BCUT2D eigenvalue weighted by Gasteiger charge is 2.47. The van der Waals surface area contributed by atoms with Crippen LogP contribution in [0.15, 0.2) is 0 Å². The summed E-state index contributed by atoms with van der Waals surface area (Å²) in [5, 5.41) is 0. The van der Waals surface area contributed by atoms with Crippen molar-refractivity contribution < 1.29 is 22.8 Å². The second-order valence-corrected chi connectivity index (χ2v) is 3.18. The molecular weight excluding hydrogens is 201 g/mol. The third-order valence-corrected chi connectivity index (χ3v) is 2.02. The van der Waals surface area contributed by atoms with E-state index in [4.69, 9.17) is 5.73 Å². The van der Waals surface area contributed by atoms with Crippen molar-refractivity contribution in [3.8, 4) is 0 Å². The Labute approximate surface area is 77.8 Å². The average Bonchev–Trinajstić information content (AvgIpc) is 2.30. The van der Waals surface area contributed by atoms with Gasteiger partial charge in [-0.05, 0) is 0 Å². The average molecular weight is 210 g/mol. The number of halogens is 3. The minimum absolute atomic E-state index is 0.439. The van der Waals surface area contributed by atoms with Crippen molar-refractivity contribution >= 4 is 11.8 Å². The quantitative estimate of drug-likeness (QED) is 0.690. The van der Waals surface area contributed by atoms with Gasteiger partial charge in [-0.25, -0.2) is 0 Å². The van der Waals surface area contributed by atoms with E-state index in [0.717, 1.165) is 4.90 Å². The number of hydrogen-bond acceptors (Lipinski definition) is 2. The van der Waals surface area contributed by atoms with Crippen molar-refractivity contribution in [3.05, 3.63) is 0 Å². The molecule has 0 saturated carbocycles. The number of primary amides is 1. The number of likely N-dealkylation sites (tertiary alicyclic amines) is 1. The van der Waals surface area contributed by atoms with Crippen LogP contribution in [0, 0.1) is 5.92 Å². The highest BCUT2D eigenvalue weighted by molar-refractivity contribution is 5.85. The van der Waals surface area contributed by atoms with Crippen LogP contribution in [-0.4, -0.2) is 36.0 Å². The molecule has 1 unspecified atom stereocenters. The number of alkyl halides is 3. The van der Waals surface area contributed by atoms with Gasteiger partial charge in [-0.2, -0.15) is 13.2 Å². The molecule has 1 aliphatic heterocycles. The van der Waals surface area contributed by atoms with Crippen LogP contribution in [0.25, 0.3) is 0 Å². The normalized spacial score (nSPS) is 22.9. The van der Waals surface area contributed by atoms with Crippen LogP contribution < -0.4 is 5.73 Å². The second-order valence-electron chi connectivity index (χ2n) is 3.18. The van der Waals surface area contributed by atoms with Crippen LogP contribution in [0.5, 0.6) is 0 Å². The van der Waals surface area contributed by atoms with Crippen LogP contribution in [-0.2, 0) is 9.59 Å². The second kappa shape index (κ2) is 3.47. The maximum atomic E-state index is 12.1. The molecule has 1 saturated heterocycles. The molecule has 7 heteroatoms. The van der Waals surface area contributed by atoms with E-state index in [1.807, 2.05) is 0 Å². The number of rotatable bonds is 2. The van der Waals surface area contributed by atoms with Crippen molar-refractivity contribution in [2.75, 3.05) is 13.1 Å². The summed E-state index contributed by atoms with van der Waals surface area (Å²) in [7, 11) is 0. The van der Waals surface area contributed by atoms with Gasteiger partial charge in [0.15, 0.2) is 0 Å². The van der Waals surface area contributed by atoms with Gasteiger partial charge in [0, 0.05) is 13.0 Å². The molecule has 0 aromatic carbocycles. The van der Waals surface area contributed by atoms with Crippen LogP contribution in [0.2, 0.25) is 0 Å². The topological polar surface area (TPSA) is 63.4 Å². The lowest BCUT2D eigenvalue weighted by Crippen LogP contribution is -2.35. The van der Waals surface area contributed by atoms with E-state index in [9.17, 15) is 22.8 Å². The minimum atomic E-state index is -4.39. The monoisotopic (exact) mass is 210 g/mol. The largest absolute Gasteiger partial charge is 0.394 e. The number of carbonyl (C=O) groups is 2. The molecule has 0 aliphatic carbocycles. The third kappa shape index (κ3) is 2.36. The Hall–Kier alpha value is -1.27. The SMILES string of the molecule is NC(=O)CN1CC(C(F)(F)F)CC1=O. The fourth-order valence-electron chi connectivity index (χ4n) is 1.33. The number of carbonyl (C=O) groups excluding carboxylic acids is 2. The van der Waals surface area contributed by atoms with Crippen molar-refractivity contribution in [2.45, 2.75) is 12.6 Å². The van der Waals surface area contributed by atoms with Gasteiger partial charge in [0.2, 0.25) is 11.8 Å². The molecule has 0 aromatic heterocycles. The molecule has 1 fully saturated rings. The predicted molar refractivity (Wildman–Crippen MR) is 39.9 cm³/mol. The molecule has 2 amide bonds. The van der Waals surface area contributed by atoms with Crippen molar-refractivity contribution in [3.63, 3.8) is 0 Å². The molecule has 1 heterocycles. The van der Waals surface area contributed by atoms with Gasteiger partial charge in [-0.3, -0.25) is 9.59 Å². The van der Waals surface area contributed by atoms with Gasteiger partial charge in [-0.15, -0.1) is 0 Å². The zero-order chi connectivity index (χ0) is 10.9. The van der Waals surface area contributed by atoms with Crippen molar-refractivity contribution in [1.29, 1.82) is 0 Å². The first kappa shape index (κ1) is 10.8. The van der Waals surface area contributed by atoms with E-state index in [1.54, 1.807) is 0 Å². The Bertz CT molecular complexity index is 264. The molecule has 1 aliphatic rings. The Morgan fingerprint density at radius 3 is 2.50 bits per heavy atom. The van der Waals surface area contributed by atoms with Crippen LogP contribution >= 0.6 is 0 Å². The molecule has 14 heavy (non-hydrogen) atoms. The molecule has 2 N–H and O–H groups in total. The maximum Gasteiger partial charge on any atom is 0.394 e. The van der Waals surface area contributed by atoms with Gasteiger partial charge >= 0.3 is 6.18 Å². The summed E-state index contributed by atoms with van der Waals surface area (Å²) < 4.78 is 36.4. The minimum Gasteiger partial charge on any atom is -0.368 e. The summed E-state index contributed by atoms with van der Waals surface area (Å²) in [6, 6.07) is 0. The van der Waals surface area contributed by atoms with Crippen molar-refractivity contribution in [1.82, 2.24) is 4.90 Å². The number of hydrogen-bond donors (Lipinski definition) is 1. The Morgan fingerprint density at radius 2 is 2.14 bits per heavy atom. The first-order chi connectivity index (χ1) is 6.30. The lowest BCUT2D eigenvalue weighted by molar-refractivity contribution is -0.171. The van der Waals surface area contributed by atoms with Gasteiger partial charge < -0.3 is 10.6 Å².